The first-order chi connectivity index (χ1) is 11.1. The summed E-state index contributed by atoms with van der Waals surface area (Å²) >= 11 is -2.77. The predicted octanol–water partition coefficient (Wildman–Crippen LogP) is 7.35. The molecule has 0 aliphatic heterocycles. The summed E-state index contributed by atoms with van der Waals surface area (Å²) in [6.07, 6.45) is 21.0. The average molecular weight is 400 g/mol. The van der Waals surface area contributed by atoms with Crippen molar-refractivity contribution in [2.75, 3.05) is 0 Å². The number of unbranched alkanes of at least 4 members (excludes halogenated alkanes) is 2. The molecule has 0 amide bonds. The van der Waals surface area contributed by atoms with Crippen molar-refractivity contribution in [2.45, 2.75) is 79.1 Å². The molecule has 0 nitrogen and oxygen atoms in total. The first-order valence-electron chi connectivity index (χ1n) is 8.57. The summed E-state index contributed by atoms with van der Waals surface area (Å²) in [6, 6.07) is 0. The Morgan fingerprint density at radius 3 is 1.43 bits per heavy atom. The molecule has 0 saturated heterocycles. The van der Waals surface area contributed by atoms with Crippen molar-refractivity contribution in [2.24, 2.45) is 0 Å². The van der Waals surface area contributed by atoms with Crippen molar-refractivity contribution < 1.29 is 29.7 Å². The third-order valence-corrected chi connectivity index (χ3v) is 3.73. The summed E-state index contributed by atoms with van der Waals surface area (Å²) in [5.41, 5.74) is 5.93. The van der Waals surface area contributed by atoms with Crippen molar-refractivity contribution in [3.63, 3.8) is 0 Å². The fraction of sp³-hybridized carbons (Fsp3) is 0.600. The molecule has 0 aromatic rings. The van der Waals surface area contributed by atoms with E-state index in [1.165, 1.54) is 62.5 Å². The third kappa shape index (κ3) is 12.8. The zero-order valence-corrected chi connectivity index (χ0v) is 17.5. The standard InChI is InChI=1S/2C10H15.2FH.Zr/c2*1-3-4-5-10-7-6-9(2)8-10;;;/h2*7H,3-5,8H2,1-2H3;2*1H;/q2*-1;;;+4/p-2. The fourth-order valence-electron chi connectivity index (χ4n) is 2.46. The van der Waals surface area contributed by atoms with Gasteiger partial charge < -0.3 is 0 Å². The molecule has 0 radical (unpaired) electrons. The zero-order valence-electron chi connectivity index (χ0n) is 15.1. The Labute approximate surface area is 155 Å². The van der Waals surface area contributed by atoms with E-state index in [9.17, 15) is 5.25 Å². The molecule has 0 unspecified atom stereocenters. The predicted molar refractivity (Wildman–Crippen MR) is 91.5 cm³/mol. The van der Waals surface area contributed by atoms with E-state index in [0.29, 0.717) is 0 Å². The first-order valence-corrected chi connectivity index (χ1v) is 10.4. The van der Waals surface area contributed by atoms with Gasteiger partial charge in [0.05, 0.1) is 0 Å². The average Bonchev–Trinajstić information content (AvgIpc) is 3.13. The molecule has 2 aliphatic rings. The molecule has 128 valence electrons. The van der Waals surface area contributed by atoms with Gasteiger partial charge in [-0.25, -0.2) is 23.3 Å². The van der Waals surface area contributed by atoms with E-state index in [0.717, 1.165) is 0 Å². The molecule has 2 rings (SSSR count). The van der Waals surface area contributed by atoms with Crippen LogP contribution in [0.5, 0.6) is 0 Å². The van der Waals surface area contributed by atoms with Crippen LogP contribution in [-0.4, -0.2) is 0 Å². The Bertz CT molecular complexity index is 391. The van der Waals surface area contributed by atoms with Crippen LogP contribution in [0.4, 0.5) is 5.25 Å². The monoisotopic (exact) mass is 398 g/mol. The van der Waals surface area contributed by atoms with E-state index in [1.54, 1.807) is 11.1 Å². The van der Waals surface area contributed by atoms with Gasteiger partial charge >= 0.3 is 29.7 Å². The van der Waals surface area contributed by atoms with Gasteiger partial charge in [-0.15, -0.1) is 0 Å². The fourth-order valence-corrected chi connectivity index (χ4v) is 2.46. The summed E-state index contributed by atoms with van der Waals surface area (Å²) in [4.78, 5) is 0. The van der Waals surface area contributed by atoms with Gasteiger partial charge in [0.15, 0.2) is 0 Å². The van der Waals surface area contributed by atoms with Crippen molar-refractivity contribution in [1.82, 2.24) is 0 Å². The van der Waals surface area contributed by atoms with Crippen LogP contribution in [0.25, 0.3) is 0 Å². The quantitative estimate of drug-likeness (QED) is 0.410. The van der Waals surface area contributed by atoms with Crippen LogP contribution in [0, 0.1) is 12.2 Å². The second-order valence-corrected chi connectivity index (χ2v) is 6.44. The van der Waals surface area contributed by atoms with Gasteiger partial charge in [-0.05, 0) is 0 Å². The minimum absolute atomic E-state index is 1.18. The van der Waals surface area contributed by atoms with Gasteiger partial charge in [0.25, 0.3) is 0 Å². The summed E-state index contributed by atoms with van der Waals surface area (Å²) in [6.45, 7) is 8.77. The van der Waals surface area contributed by atoms with Gasteiger partial charge in [0, 0.05) is 0 Å². The second-order valence-electron chi connectivity index (χ2n) is 6.09. The summed E-state index contributed by atoms with van der Waals surface area (Å²) in [5, 5.41) is 0. The van der Waals surface area contributed by atoms with Crippen molar-refractivity contribution >= 4 is 0 Å². The van der Waals surface area contributed by atoms with Crippen molar-refractivity contribution in [1.29, 1.82) is 0 Å². The first kappa shape index (κ1) is 22.7. The Balaban J connectivity index is 0.000000360. The molecule has 23 heavy (non-hydrogen) atoms. The van der Waals surface area contributed by atoms with Crippen LogP contribution < -0.4 is 0 Å². The van der Waals surface area contributed by atoms with Gasteiger partial charge in [0.1, 0.15) is 0 Å². The van der Waals surface area contributed by atoms with Gasteiger partial charge in [-0.1, -0.05) is 79.1 Å². The van der Waals surface area contributed by atoms with Crippen LogP contribution in [0.3, 0.4) is 0 Å². The topological polar surface area (TPSA) is 0 Å². The number of hydrogen-bond acceptors (Lipinski definition) is 0. The number of halogens is 2. The van der Waals surface area contributed by atoms with E-state index < -0.39 is 24.5 Å². The molecule has 3 heteroatoms. The van der Waals surface area contributed by atoms with E-state index in [4.69, 9.17) is 0 Å². The van der Waals surface area contributed by atoms with E-state index in [1.807, 2.05) is 0 Å². The molecular weight excluding hydrogens is 369 g/mol. The van der Waals surface area contributed by atoms with Gasteiger partial charge in [0.2, 0.25) is 0 Å². The number of rotatable bonds is 6. The molecule has 0 spiro atoms. The zero-order chi connectivity index (χ0) is 17.5. The van der Waals surface area contributed by atoms with Crippen LogP contribution in [0.1, 0.15) is 79.1 Å². The van der Waals surface area contributed by atoms with Crippen LogP contribution in [0.2, 0.25) is 0 Å². The second kappa shape index (κ2) is 15.2. The van der Waals surface area contributed by atoms with Crippen LogP contribution in [-0.2, 0) is 24.5 Å². The van der Waals surface area contributed by atoms with Crippen LogP contribution in [0.15, 0.2) is 34.4 Å². The molecule has 0 bridgehead atoms. The Hall–Kier alpha value is -0.297. The molecular formula is C20H30F2Zr. The maximum atomic E-state index is 9.80. The van der Waals surface area contributed by atoms with Crippen LogP contribution >= 0.6 is 0 Å². The molecule has 0 aromatic heterocycles. The Morgan fingerprint density at radius 2 is 1.22 bits per heavy atom. The summed E-state index contributed by atoms with van der Waals surface area (Å²) in [5.74, 6) is 0. The molecule has 0 N–H and O–H groups in total. The van der Waals surface area contributed by atoms with E-state index >= 15 is 0 Å². The molecule has 0 saturated carbocycles. The Morgan fingerprint density at radius 1 is 0.870 bits per heavy atom. The minimum atomic E-state index is -2.77. The maximum absolute atomic E-state index is 9.80. The third-order valence-electron chi connectivity index (χ3n) is 3.73. The number of hydrogen-bond donors (Lipinski definition) is 0. The Kier molecular flexibility index (Phi) is 15.0. The normalized spacial score (nSPS) is 15.2. The van der Waals surface area contributed by atoms with Gasteiger partial charge in [-0.2, -0.15) is 11.1 Å². The molecule has 0 fully saturated rings. The summed E-state index contributed by atoms with van der Waals surface area (Å²) < 4.78 is 19.6. The molecule has 0 heterocycles. The van der Waals surface area contributed by atoms with E-state index in [2.05, 4.69) is 52.0 Å². The van der Waals surface area contributed by atoms with Crippen molar-refractivity contribution in [3.05, 3.63) is 46.6 Å². The molecule has 0 aromatic carbocycles. The summed E-state index contributed by atoms with van der Waals surface area (Å²) in [7, 11) is 0. The molecule has 2 aliphatic carbocycles. The molecule has 0 atom stereocenters. The van der Waals surface area contributed by atoms with Crippen molar-refractivity contribution in [3.8, 4) is 0 Å². The number of allylic oxidation sites excluding steroid dienone is 8. The van der Waals surface area contributed by atoms with E-state index in [-0.39, 0.29) is 0 Å². The SMILES string of the molecule is CCCCC1=C[C-]=C(C)C1.CCCCC1=C[C-]=C(C)C1.[F][Zr+2][F]. The van der Waals surface area contributed by atoms with Gasteiger partial charge in [-0.3, -0.25) is 12.2 Å².